The molecule has 0 saturated heterocycles. The van der Waals surface area contributed by atoms with Gasteiger partial charge in [-0.15, -0.1) is 0 Å². The molecule has 100 valence electrons. The van der Waals surface area contributed by atoms with Gasteiger partial charge in [-0.1, -0.05) is 6.07 Å². The lowest BCUT2D eigenvalue weighted by Crippen LogP contribution is -2.24. The first-order chi connectivity index (χ1) is 9.15. The van der Waals surface area contributed by atoms with Crippen molar-refractivity contribution < 1.29 is 0 Å². The van der Waals surface area contributed by atoms with Crippen molar-refractivity contribution in [3.8, 4) is 0 Å². The van der Waals surface area contributed by atoms with Crippen LogP contribution < -0.4 is 10.6 Å². The van der Waals surface area contributed by atoms with E-state index in [1.165, 1.54) is 22.5 Å². The van der Waals surface area contributed by atoms with Crippen molar-refractivity contribution in [3.63, 3.8) is 0 Å². The molecule has 2 aromatic rings. The van der Waals surface area contributed by atoms with Gasteiger partial charge in [0.1, 0.15) is 0 Å². The molecule has 0 fully saturated rings. The summed E-state index contributed by atoms with van der Waals surface area (Å²) in [6, 6.07) is 6.44. The molecule has 0 aliphatic carbocycles. The van der Waals surface area contributed by atoms with Crippen LogP contribution in [0, 0.1) is 6.92 Å². The maximum atomic E-state index is 6.03. The lowest BCUT2D eigenvalue weighted by atomic mass is 10.1. The van der Waals surface area contributed by atoms with E-state index in [-0.39, 0.29) is 0 Å². The summed E-state index contributed by atoms with van der Waals surface area (Å²) in [5.74, 6) is 0. The van der Waals surface area contributed by atoms with Crippen molar-refractivity contribution in [1.29, 1.82) is 0 Å². The fraction of sp³-hybridized carbons (Fsp3) is 0.400. The van der Waals surface area contributed by atoms with Gasteiger partial charge in [0.25, 0.3) is 0 Å². The summed E-state index contributed by atoms with van der Waals surface area (Å²) >= 11 is 0. The Hall–Kier alpha value is -1.97. The summed E-state index contributed by atoms with van der Waals surface area (Å²) < 4.78 is 1.94. The minimum Gasteiger partial charge on any atom is -0.398 e. The van der Waals surface area contributed by atoms with Crippen molar-refractivity contribution in [2.45, 2.75) is 19.8 Å². The van der Waals surface area contributed by atoms with Gasteiger partial charge in [-0.25, -0.2) is 0 Å². The number of aryl methyl sites for hydroxylation is 2. The molecular formula is C15H20N4. The minimum absolute atomic E-state index is 0.895. The highest BCUT2D eigenvalue weighted by Crippen LogP contribution is 2.31. The van der Waals surface area contributed by atoms with Gasteiger partial charge in [0.15, 0.2) is 0 Å². The van der Waals surface area contributed by atoms with E-state index >= 15 is 0 Å². The van der Waals surface area contributed by atoms with E-state index in [4.69, 9.17) is 5.73 Å². The quantitative estimate of drug-likeness (QED) is 0.853. The van der Waals surface area contributed by atoms with Gasteiger partial charge in [0.2, 0.25) is 0 Å². The first-order valence-electron chi connectivity index (χ1n) is 6.76. The van der Waals surface area contributed by atoms with E-state index in [0.29, 0.717) is 0 Å². The highest BCUT2D eigenvalue weighted by Gasteiger charge is 2.20. The fourth-order valence-electron chi connectivity index (χ4n) is 2.77. The Labute approximate surface area is 113 Å². The molecule has 19 heavy (non-hydrogen) atoms. The lowest BCUT2D eigenvalue weighted by molar-refractivity contribution is 0.692. The Morgan fingerprint density at radius 3 is 2.95 bits per heavy atom. The van der Waals surface area contributed by atoms with Crippen LogP contribution in [-0.4, -0.2) is 22.9 Å². The van der Waals surface area contributed by atoms with Crippen molar-refractivity contribution >= 4 is 11.4 Å². The molecule has 0 saturated carbocycles. The van der Waals surface area contributed by atoms with Crippen LogP contribution in [0.5, 0.6) is 0 Å². The minimum atomic E-state index is 0.895. The van der Waals surface area contributed by atoms with Crippen LogP contribution in [0.1, 0.15) is 16.8 Å². The molecule has 0 atom stereocenters. The molecule has 0 unspecified atom stereocenters. The summed E-state index contributed by atoms with van der Waals surface area (Å²) in [6.07, 6.45) is 4.00. The molecule has 2 heterocycles. The largest absolute Gasteiger partial charge is 0.398 e. The molecule has 1 aromatic carbocycles. The molecule has 1 aliphatic heterocycles. The second-order valence-electron chi connectivity index (χ2n) is 5.27. The summed E-state index contributed by atoms with van der Waals surface area (Å²) in [7, 11) is 1.99. The number of benzene rings is 1. The van der Waals surface area contributed by atoms with Gasteiger partial charge in [0, 0.05) is 49.8 Å². The smallest absolute Gasteiger partial charge is 0.0492 e. The van der Waals surface area contributed by atoms with E-state index in [0.717, 1.165) is 31.6 Å². The fourth-order valence-corrected chi connectivity index (χ4v) is 2.77. The van der Waals surface area contributed by atoms with E-state index in [1.807, 2.05) is 17.9 Å². The summed E-state index contributed by atoms with van der Waals surface area (Å²) in [5.41, 5.74) is 12.1. The second-order valence-corrected chi connectivity index (χ2v) is 5.27. The highest BCUT2D eigenvalue weighted by atomic mass is 15.3. The van der Waals surface area contributed by atoms with Crippen molar-refractivity contribution in [2.75, 3.05) is 23.7 Å². The first-order valence-corrected chi connectivity index (χ1v) is 6.76. The third kappa shape index (κ3) is 2.18. The molecule has 0 amide bonds. The van der Waals surface area contributed by atoms with Crippen LogP contribution in [0.4, 0.5) is 11.4 Å². The Balaban J connectivity index is 1.76. The molecule has 3 rings (SSSR count). The number of hydrogen-bond acceptors (Lipinski definition) is 3. The van der Waals surface area contributed by atoms with Crippen LogP contribution in [0.2, 0.25) is 0 Å². The number of anilines is 2. The molecule has 0 radical (unpaired) electrons. The first kappa shape index (κ1) is 12.1. The summed E-state index contributed by atoms with van der Waals surface area (Å²) in [4.78, 5) is 2.43. The van der Waals surface area contributed by atoms with E-state index < -0.39 is 0 Å². The number of aromatic nitrogens is 2. The van der Waals surface area contributed by atoms with E-state index in [1.54, 1.807) is 0 Å². The SMILES string of the molecule is Cc1cc2c(cc1N)N(CCc1ccnn1C)CC2. The highest BCUT2D eigenvalue weighted by molar-refractivity contribution is 5.67. The third-order valence-electron chi connectivity index (χ3n) is 4.02. The van der Waals surface area contributed by atoms with Gasteiger partial charge >= 0.3 is 0 Å². The van der Waals surface area contributed by atoms with Gasteiger partial charge in [-0.2, -0.15) is 5.10 Å². The average molecular weight is 256 g/mol. The van der Waals surface area contributed by atoms with Crippen LogP contribution in [0.3, 0.4) is 0 Å². The number of hydrogen-bond donors (Lipinski definition) is 1. The Bertz CT molecular complexity index is 600. The zero-order chi connectivity index (χ0) is 13.4. The molecule has 4 heteroatoms. The van der Waals surface area contributed by atoms with Crippen LogP contribution in [0.25, 0.3) is 0 Å². The zero-order valence-electron chi connectivity index (χ0n) is 11.6. The van der Waals surface area contributed by atoms with Crippen molar-refractivity contribution in [3.05, 3.63) is 41.2 Å². The van der Waals surface area contributed by atoms with Crippen molar-refractivity contribution in [2.24, 2.45) is 7.05 Å². The Morgan fingerprint density at radius 2 is 2.21 bits per heavy atom. The van der Waals surface area contributed by atoms with Crippen LogP contribution >= 0.6 is 0 Å². The number of rotatable bonds is 3. The second kappa shape index (κ2) is 4.61. The van der Waals surface area contributed by atoms with E-state index in [2.05, 4.69) is 35.1 Å². The number of nitrogens with two attached hydrogens (primary N) is 1. The molecule has 1 aliphatic rings. The Kier molecular flexibility index (Phi) is 2.93. The normalized spacial score (nSPS) is 13.9. The molecule has 0 bridgehead atoms. The summed E-state index contributed by atoms with van der Waals surface area (Å²) in [6.45, 7) is 4.19. The monoisotopic (exact) mass is 256 g/mol. The predicted octanol–water partition coefficient (Wildman–Crippen LogP) is 1.92. The molecule has 4 nitrogen and oxygen atoms in total. The molecular weight excluding hydrogens is 236 g/mol. The maximum absolute atomic E-state index is 6.03. The third-order valence-corrected chi connectivity index (χ3v) is 4.02. The van der Waals surface area contributed by atoms with Gasteiger partial charge in [0.05, 0.1) is 0 Å². The zero-order valence-corrected chi connectivity index (χ0v) is 11.6. The standard InChI is InChI=1S/C15H20N4/c1-11-9-12-4-7-19(15(12)10-14(11)16)8-5-13-3-6-17-18(13)2/h3,6,9-10H,4-5,7-8,16H2,1-2H3. The molecule has 0 spiro atoms. The van der Waals surface area contributed by atoms with Crippen molar-refractivity contribution in [1.82, 2.24) is 9.78 Å². The van der Waals surface area contributed by atoms with Gasteiger partial charge in [-0.3, -0.25) is 4.68 Å². The number of nitrogen functional groups attached to an aromatic ring is 1. The average Bonchev–Trinajstić information content (AvgIpc) is 2.95. The lowest BCUT2D eigenvalue weighted by Gasteiger charge is -2.20. The van der Waals surface area contributed by atoms with Crippen LogP contribution in [-0.2, 0) is 19.9 Å². The predicted molar refractivity (Wildman–Crippen MR) is 78.4 cm³/mol. The topological polar surface area (TPSA) is 47.1 Å². The number of fused-ring (bicyclic) bond motifs is 1. The maximum Gasteiger partial charge on any atom is 0.0492 e. The Morgan fingerprint density at radius 1 is 1.37 bits per heavy atom. The van der Waals surface area contributed by atoms with Crippen LogP contribution in [0.15, 0.2) is 24.4 Å². The van der Waals surface area contributed by atoms with Gasteiger partial charge in [-0.05, 0) is 36.6 Å². The summed E-state index contributed by atoms with van der Waals surface area (Å²) in [5, 5.41) is 4.21. The number of nitrogens with zero attached hydrogens (tertiary/aromatic N) is 3. The molecule has 1 aromatic heterocycles. The van der Waals surface area contributed by atoms with E-state index in [9.17, 15) is 0 Å². The molecule has 2 N–H and O–H groups in total. The van der Waals surface area contributed by atoms with Gasteiger partial charge < -0.3 is 10.6 Å².